The molecule has 1 saturated heterocycles. The minimum absolute atomic E-state index is 0.0239. The first-order chi connectivity index (χ1) is 20.6. The van der Waals surface area contributed by atoms with E-state index in [1.807, 2.05) is 30.0 Å². The molecule has 1 atom stereocenters. The van der Waals surface area contributed by atoms with Crippen LogP contribution >= 0.6 is 0 Å². The van der Waals surface area contributed by atoms with Gasteiger partial charge in [0.2, 0.25) is 15.0 Å². The van der Waals surface area contributed by atoms with E-state index in [0.29, 0.717) is 76.0 Å². The number of ether oxygens (including phenoxy) is 2. The van der Waals surface area contributed by atoms with Crippen molar-refractivity contribution in [1.29, 1.82) is 0 Å². The van der Waals surface area contributed by atoms with Crippen LogP contribution in [-0.2, 0) is 21.0 Å². The molecule has 0 aliphatic carbocycles. The molecule has 2 aromatic carbocycles. The Balaban J connectivity index is 1.72. The molecule has 10 nitrogen and oxygen atoms in total. The molecule has 1 N–H and O–H groups in total. The van der Waals surface area contributed by atoms with Crippen LogP contribution < -0.4 is 9.64 Å². The Hall–Kier alpha value is -3.87. The summed E-state index contributed by atoms with van der Waals surface area (Å²) < 4.78 is 54.1. The van der Waals surface area contributed by atoms with Gasteiger partial charge in [0.05, 0.1) is 39.7 Å². The smallest absolute Gasteiger partial charge is 0.249 e. The van der Waals surface area contributed by atoms with Crippen LogP contribution in [0.1, 0.15) is 39.2 Å². The quantitative estimate of drug-likeness (QED) is 0.194. The third kappa shape index (κ3) is 5.17. The molecule has 43 heavy (non-hydrogen) atoms. The molecule has 0 amide bonds. The zero-order valence-corrected chi connectivity index (χ0v) is 25.4. The van der Waals surface area contributed by atoms with Gasteiger partial charge in [0, 0.05) is 25.8 Å². The number of pyridine rings is 1. The fraction of sp³-hybridized carbons (Fsp3) is 0.387. The normalized spacial score (nSPS) is 17.8. The van der Waals surface area contributed by atoms with Crippen LogP contribution in [0.25, 0.3) is 38.4 Å². The first kappa shape index (κ1) is 29.2. The Morgan fingerprint density at radius 2 is 1.93 bits per heavy atom. The number of hydrogen-bond donors (Lipinski definition) is 1. The highest BCUT2D eigenvalue weighted by molar-refractivity contribution is 7.91. The lowest BCUT2D eigenvalue weighted by Crippen LogP contribution is -2.46. The number of aryl methyl sites for hydroxylation is 1. The van der Waals surface area contributed by atoms with Gasteiger partial charge in [-0.15, -0.1) is 0 Å². The van der Waals surface area contributed by atoms with E-state index in [1.54, 1.807) is 36.7 Å². The molecule has 226 valence electrons. The second kappa shape index (κ2) is 11.0. The van der Waals surface area contributed by atoms with Crippen molar-refractivity contribution in [2.45, 2.75) is 50.8 Å². The van der Waals surface area contributed by atoms with Crippen molar-refractivity contribution >= 4 is 42.8 Å². The maximum Gasteiger partial charge on any atom is 0.249 e. The van der Waals surface area contributed by atoms with E-state index in [4.69, 9.17) is 9.47 Å². The zero-order chi connectivity index (χ0) is 30.5. The van der Waals surface area contributed by atoms with Gasteiger partial charge in [0.1, 0.15) is 17.4 Å². The van der Waals surface area contributed by atoms with Crippen LogP contribution in [0, 0.1) is 5.82 Å². The van der Waals surface area contributed by atoms with Gasteiger partial charge in [-0.25, -0.2) is 27.3 Å². The summed E-state index contributed by atoms with van der Waals surface area (Å²) in [7, 11) is -2.25. The Morgan fingerprint density at radius 1 is 1.12 bits per heavy atom. The number of anilines is 1. The lowest BCUT2D eigenvalue weighted by atomic mass is 9.94. The van der Waals surface area contributed by atoms with Crippen molar-refractivity contribution < 1.29 is 27.4 Å². The Labute approximate surface area is 249 Å². The standard InChI is InChI=1S/C31H34FN5O5S/c1-5-21-23(32)9-8-19-14-20(42-18-41-4)15-22(27(19)21)26-16-24-28(25-10-12-33-37(25)26)29(35-30(34-24)43(39,40)6-2)36-13-7-11-31(3,38)17-36/h8-10,12,14-16,38H,5-7,11,13,17-18H2,1-4H3/t31-/m1/s1. The summed E-state index contributed by atoms with van der Waals surface area (Å²) in [5.41, 5.74) is 1.86. The number of sulfone groups is 1. The fourth-order valence-corrected chi connectivity index (χ4v) is 6.73. The van der Waals surface area contributed by atoms with E-state index < -0.39 is 15.4 Å². The molecule has 0 bridgehead atoms. The van der Waals surface area contributed by atoms with Crippen LogP contribution in [0.4, 0.5) is 10.2 Å². The Kier molecular flexibility index (Phi) is 7.47. The molecular formula is C31H34FN5O5S. The van der Waals surface area contributed by atoms with E-state index in [2.05, 4.69) is 15.1 Å². The molecule has 4 heterocycles. The monoisotopic (exact) mass is 607 g/mol. The van der Waals surface area contributed by atoms with Gasteiger partial charge in [-0.1, -0.05) is 19.9 Å². The third-order valence-electron chi connectivity index (χ3n) is 8.05. The van der Waals surface area contributed by atoms with Crippen molar-refractivity contribution in [3.8, 4) is 17.0 Å². The van der Waals surface area contributed by atoms with Gasteiger partial charge in [0.25, 0.3) is 0 Å². The maximum absolute atomic E-state index is 15.2. The van der Waals surface area contributed by atoms with Crippen molar-refractivity contribution in [2.75, 3.05) is 37.6 Å². The van der Waals surface area contributed by atoms with E-state index in [0.717, 1.165) is 5.39 Å². The minimum atomic E-state index is -3.78. The van der Waals surface area contributed by atoms with Gasteiger partial charge < -0.3 is 19.5 Å². The summed E-state index contributed by atoms with van der Waals surface area (Å²) >= 11 is 0. The number of aliphatic hydroxyl groups is 1. The average Bonchev–Trinajstić information content (AvgIpc) is 3.48. The van der Waals surface area contributed by atoms with Crippen LogP contribution in [0.2, 0.25) is 0 Å². The highest BCUT2D eigenvalue weighted by Crippen LogP contribution is 2.40. The number of hydrogen-bond acceptors (Lipinski definition) is 9. The van der Waals surface area contributed by atoms with E-state index >= 15 is 4.39 Å². The predicted octanol–water partition coefficient (Wildman–Crippen LogP) is 4.93. The van der Waals surface area contributed by atoms with Crippen molar-refractivity contribution in [3.05, 3.63) is 54.0 Å². The predicted molar refractivity (Wildman–Crippen MR) is 163 cm³/mol. The highest BCUT2D eigenvalue weighted by atomic mass is 32.2. The number of nitrogens with zero attached hydrogens (tertiary/aromatic N) is 5. The fourth-order valence-electron chi connectivity index (χ4n) is 6.01. The second-order valence-electron chi connectivity index (χ2n) is 11.2. The topological polar surface area (TPSA) is 119 Å². The van der Waals surface area contributed by atoms with Gasteiger partial charge >= 0.3 is 0 Å². The summed E-state index contributed by atoms with van der Waals surface area (Å²) in [6, 6.07) is 10.4. The third-order valence-corrected chi connectivity index (χ3v) is 9.54. The molecule has 5 aromatic rings. The number of benzene rings is 2. The van der Waals surface area contributed by atoms with Crippen LogP contribution in [-0.4, -0.2) is 71.5 Å². The number of rotatable bonds is 8. The first-order valence-corrected chi connectivity index (χ1v) is 16.0. The largest absolute Gasteiger partial charge is 0.468 e. The minimum Gasteiger partial charge on any atom is -0.468 e. The van der Waals surface area contributed by atoms with Crippen molar-refractivity contribution in [2.24, 2.45) is 0 Å². The number of halogens is 1. The van der Waals surface area contributed by atoms with Gasteiger partial charge in [-0.05, 0) is 72.9 Å². The number of fused-ring (bicyclic) bond motifs is 4. The number of β-amino-alcohol motifs (C(OH)–C–C–N with tert-alkyl or cyclic N) is 1. The molecule has 0 radical (unpaired) electrons. The lowest BCUT2D eigenvalue weighted by molar-refractivity contribution is 0.0447. The molecule has 6 rings (SSSR count). The Morgan fingerprint density at radius 3 is 2.65 bits per heavy atom. The zero-order valence-electron chi connectivity index (χ0n) is 24.6. The summed E-state index contributed by atoms with van der Waals surface area (Å²) in [6.07, 6.45) is 3.45. The van der Waals surface area contributed by atoms with E-state index in [9.17, 15) is 13.5 Å². The van der Waals surface area contributed by atoms with Crippen LogP contribution in [0.5, 0.6) is 5.75 Å². The van der Waals surface area contributed by atoms with Crippen molar-refractivity contribution in [1.82, 2.24) is 19.6 Å². The molecule has 0 spiro atoms. The summed E-state index contributed by atoms with van der Waals surface area (Å²) in [4.78, 5) is 11.1. The molecule has 1 aliphatic rings. The average molecular weight is 608 g/mol. The number of methoxy groups -OCH3 is 1. The second-order valence-corrected chi connectivity index (χ2v) is 13.3. The maximum atomic E-state index is 15.2. The Bertz CT molecular complexity index is 1980. The van der Waals surface area contributed by atoms with Crippen molar-refractivity contribution in [3.63, 3.8) is 0 Å². The van der Waals surface area contributed by atoms with Gasteiger partial charge in [-0.2, -0.15) is 5.10 Å². The number of aromatic nitrogens is 4. The lowest BCUT2D eigenvalue weighted by Gasteiger charge is -2.38. The van der Waals surface area contributed by atoms with Gasteiger partial charge in [0.15, 0.2) is 6.79 Å². The molecule has 0 saturated carbocycles. The summed E-state index contributed by atoms with van der Waals surface area (Å²) in [5, 5.41) is 17.4. The molecule has 12 heteroatoms. The molecule has 3 aromatic heterocycles. The van der Waals surface area contributed by atoms with E-state index in [1.165, 1.54) is 13.2 Å². The molecular weight excluding hydrogens is 573 g/mol. The molecule has 1 fully saturated rings. The number of piperidine rings is 1. The molecule has 1 aliphatic heterocycles. The SMILES string of the molecule is CCc1c(F)ccc2cc(OCOC)cc(-c3cc4nc(S(=O)(=O)CC)nc(N5CCC[C@@](C)(O)C5)c4c4ccnn34)c12. The summed E-state index contributed by atoms with van der Waals surface area (Å²) in [6.45, 7) is 6.13. The van der Waals surface area contributed by atoms with Gasteiger partial charge in [-0.3, -0.25) is 0 Å². The van der Waals surface area contributed by atoms with Crippen LogP contribution in [0.3, 0.4) is 0 Å². The summed E-state index contributed by atoms with van der Waals surface area (Å²) in [5.74, 6) is 0.459. The first-order valence-electron chi connectivity index (χ1n) is 14.3. The molecule has 0 unspecified atom stereocenters. The van der Waals surface area contributed by atoms with E-state index in [-0.39, 0.29) is 30.1 Å². The van der Waals surface area contributed by atoms with Crippen LogP contribution in [0.15, 0.2) is 47.8 Å². The highest BCUT2D eigenvalue weighted by Gasteiger charge is 2.32.